The quantitative estimate of drug-likeness (QED) is 0.882. The van der Waals surface area contributed by atoms with E-state index < -0.39 is 0 Å². The Kier molecular flexibility index (Phi) is 2.88. The number of nitrogen functional groups attached to an aromatic ring is 1. The molecule has 4 heteroatoms. The molecule has 0 aromatic carbocycles. The lowest BCUT2D eigenvalue weighted by Gasteiger charge is -2.23. The van der Waals surface area contributed by atoms with E-state index in [1.165, 1.54) is 0 Å². The maximum absolute atomic E-state index is 5.68. The van der Waals surface area contributed by atoms with Gasteiger partial charge in [0.15, 0.2) is 0 Å². The molecule has 2 N–H and O–H groups in total. The van der Waals surface area contributed by atoms with Crippen LogP contribution in [0.4, 0.5) is 5.82 Å². The van der Waals surface area contributed by atoms with Crippen LogP contribution in [-0.4, -0.2) is 14.8 Å². The van der Waals surface area contributed by atoms with E-state index in [2.05, 4.69) is 37.1 Å². The minimum atomic E-state index is 0.0385. The van der Waals surface area contributed by atoms with Crippen molar-refractivity contribution in [1.29, 1.82) is 0 Å². The zero-order valence-corrected chi connectivity index (χ0v) is 10.5. The Bertz CT molecular complexity index is 514. The van der Waals surface area contributed by atoms with Gasteiger partial charge in [-0.05, 0) is 38.0 Å². The van der Waals surface area contributed by atoms with Gasteiger partial charge >= 0.3 is 0 Å². The lowest BCUT2D eigenvalue weighted by Crippen LogP contribution is -2.25. The summed E-state index contributed by atoms with van der Waals surface area (Å²) in [4.78, 5) is 3.99. The van der Waals surface area contributed by atoms with Crippen molar-refractivity contribution in [2.45, 2.75) is 32.7 Å². The third-order valence-corrected chi connectivity index (χ3v) is 3.18. The second-order valence-electron chi connectivity index (χ2n) is 4.81. The summed E-state index contributed by atoms with van der Waals surface area (Å²) < 4.78 is 2.00. The topological polar surface area (TPSA) is 56.7 Å². The molecule has 0 aliphatic carbocycles. The molecule has 4 nitrogen and oxygen atoms in total. The van der Waals surface area contributed by atoms with Crippen LogP contribution < -0.4 is 5.73 Å². The number of pyridine rings is 1. The van der Waals surface area contributed by atoms with Gasteiger partial charge in [0.05, 0.1) is 11.7 Å². The molecule has 0 aliphatic heterocycles. The molecule has 0 fully saturated rings. The van der Waals surface area contributed by atoms with Gasteiger partial charge in [0.2, 0.25) is 0 Å². The van der Waals surface area contributed by atoms with Gasteiger partial charge in [-0.1, -0.05) is 6.92 Å². The Morgan fingerprint density at radius 1 is 1.35 bits per heavy atom. The predicted molar refractivity (Wildman–Crippen MR) is 69.5 cm³/mol. The standard InChI is InChI=1S/C13H18N4/c1-4-13(2,3)17-9-11(8-16-17)10-5-6-15-12(14)7-10/h5-9H,4H2,1-3H3,(H2,14,15). The molecule has 17 heavy (non-hydrogen) atoms. The van der Waals surface area contributed by atoms with Crippen LogP contribution in [0.1, 0.15) is 27.2 Å². The summed E-state index contributed by atoms with van der Waals surface area (Å²) in [5.41, 5.74) is 7.84. The Balaban J connectivity index is 2.36. The molecular weight excluding hydrogens is 212 g/mol. The lowest BCUT2D eigenvalue weighted by molar-refractivity contribution is 0.308. The van der Waals surface area contributed by atoms with E-state index in [1.54, 1.807) is 6.20 Å². The molecule has 2 aromatic rings. The average molecular weight is 230 g/mol. The molecule has 0 amide bonds. The van der Waals surface area contributed by atoms with Crippen molar-refractivity contribution in [3.63, 3.8) is 0 Å². The largest absolute Gasteiger partial charge is 0.384 e. The summed E-state index contributed by atoms with van der Waals surface area (Å²) in [6.07, 6.45) is 6.67. The molecule has 2 heterocycles. The van der Waals surface area contributed by atoms with Crippen LogP contribution in [0.5, 0.6) is 0 Å². The summed E-state index contributed by atoms with van der Waals surface area (Å²) >= 11 is 0. The van der Waals surface area contributed by atoms with E-state index >= 15 is 0 Å². The third kappa shape index (κ3) is 2.30. The van der Waals surface area contributed by atoms with Crippen LogP contribution in [0.25, 0.3) is 11.1 Å². The normalized spacial score (nSPS) is 11.7. The Morgan fingerprint density at radius 3 is 2.76 bits per heavy atom. The van der Waals surface area contributed by atoms with Crippen molar-refractivity contribution < 1.29 is 0 Å². The average Bonchev–Trinajstić information content (AvgIpc) is 2.79. The number of nitrogens with two attached hydrogens (primary N) is 1. The second-order valence-corrected chi connectivity index (χ2v) is 4.81. The summed E-state index contributed by atoms with van der Waals surface area (Å²) in [6.45, 7) is 6.50. The summed E-state index contributed by atoms with van der Waals surface area (Å²) in [5.74, 6) is 0.532. The highest BCUT2D eigenvalue weighted by molar-refractivity contribution is 5.64. The van der Waals surface area contributed by atoms with Crippen molar-refractivity contribution in [2.24, 2.45) is 0 Å². The van der Waals surface area contributed by atoms with Gasteiger partial charge in [-0.2, -0.15) is 5.10 Å². The van der Waals surface area contributed by atoms with E-state index in [0.717, 1.165) is 17.5 Å². The predicted octanol–water partition coefficient (Wildman–Crippen LogP) is 2.67. The first kappa shape index (κ1) is 11.6. The molecule has 2 rings (SSSR count). The summed E-state index contributed by atoms with van der Waals surface area (Å²) in [7, 11) is 0. The third-order valence-electron chi connectivity index (χ3n) is 3.18. The molecule has 0 spiro atoms. The summed E-state index contributed by atoms with van der Waals surface area (Å²) in [6, 6.07) is 3.80. The monoisotopic (exact) mass is 230 g/mol. The molecule has 0 unspecified atom stereocenters. The first-order valence-corrected chi connectivity index (χ1v) is 5.80. The zero-order valence-electron chi connectivity index (χ0n) is 10.5. The van der Waals surface area contributed by atoms with Gasteiger partial charge in [0.1, 0.15) is 5.82 Å². The van der Waals surface area contributed by atoms with Gasteiger partial charge in [-0.25, -0.2) is 4.98 Å². The lowest BCUT2D eigenvalue weighted by atomic mass is 10.0. The maximum atomic E-state index is 5.68. The minimum Gasteiger partial charge on any atom is -0.384 e. The number of aromatic nitrogens is 3. The Morgan fingerprint density at radius 2 is 2.12 bits per heavy atom. The fourth-order valence-corrected chi connectivity index (χ4v) is 1.59. The van der Waals surface area contributed by atoms with Gasteiger partial charge in [0.25, 0.3) is 0 Å². The Hall–Kier alpha value is -1.84. The van der Waals surface area contributed by atoms with E-state index in [9.17, 15) is 0 Å². The molecule has 0 saturated carbocycles. The van der Waals surface area contributed by atoms with Gasteiger partial charge in [0, 0.05) is 18.0 Å². The maximum Gasteiger partial charge on any atom is 0.123 e. The number of rotatable bonds is 3. The highest BCUT2D eigenvalue weighted by Crippen LogP contribution is 2.24. The van der Waals surface area contributed by atoms with E-state index in [4.69, 9.17) is 5.73 Å². The van der Waals surface area contributed by atoms with Crippen molar-refractivity contribution in [1.82, 2.24) is 14.8 Å². The first-order valence-electron chi connectivity index (χ1n) is 5.80. The minimum absolute atomic E-state index is 0.0385. The molecule has 0 bridgehead atoms. The van der Waals surface area contributed by atoms with E-state index in [-0.39, 0.29) is 5.54 Å². The molecule has 2 aromatic heterocycles. The van der Waals surface area contributed by atoms with Gasteiger partial charge < -0.3 is 5.73 Å². The van der Waals surface area contributed by atoms with Crippen LogP contribution in [0.2, 0.25) is 0 Å². The van der Waals surface area contributed by atoms with Crippen LogP contribution in [0, 0.1) is 0 Å². The number of hydrogen-bond donors (Lipinski definition) is 1. The molecule has 0 radical (unpaired) electrons. The molecule has 0 saturated heterocycles. The molecule has 0 atom stereocenters. The fourth-order valence-electron chi connectivity index (χ4n) is 1.59. The van der Waals surface area contributed by atoms with Crippen LogP contribution in [-0.2, 0) is 5.54 Å². The van der Waals surface area contributed by atoms with Crippen molar-refractivity contribution in [3.8, 4) is 11.1 Å². The smallest absolute Gasteiger partial charge is 0.123 e. The van der Waals surface area contributed by atoms with Crippen molar-refractivity contribution >= 4 is 5.82 Å². The van der Waals surface area contributed by atoms with Crippen LogP contribution in [0.3, 0.4) is 0 Å². The van der Waals surface area contributed by atoms with E-state index in [0.29, 0.717) is 5.82 Å². The molecular formula is C13H18N4. The zero-order chi connectivity index (χ0) is 12.5. The number of nitrogens with zero attached hydrogens (tertiary/aromatic N) is 3. The SMILES string of the molecule is CCC(C)(C)n1cc(-c2ccnc(N)c2)cn1. The first-order chi connectivity index (χ1) is 8.03. The molecule has 90 valence electrons. The number of hydrogen-bond acceptors (Lipinski definition) is 3. The van der Waals surface area contributed by atoms with Crippen LogP contribution in [0.15, 0.2) is 30.7 Å². The van der Waals surface area contributed by atoms with Crippen molar-refractivity contribution in [3.05, 3.63) is 30.7 Å². The van der Waals surface area contributed by atoms with Gasteiger partial charge in [-0.15, -0.1) is 0 Å². The molecule has 0 aliphatic rings. The highest BCUT2D eigenvalue weighted by Gasteiger charge is 2.18. The summed E-state index contributed by atoms with van der Waals surface area (Å²) in [5, 5.41) is 4.42. The van der Waals surface area contributed by atoms with Crippen LogP contribution >= 0.6 is 0 Å². The fraction of sp³-hybridized carbons (Fsp3) is 0.385. The second kappa shape index (κ2) is 4.20. The highest BCUT2D eigenvalue weighted by atomic mass is 15.3. The van der Waals surface area contributed by atoms with Crippen molar-refractivity contribution in [2.75, 3.05) is 5.73 Å². The van der Waals surface area contributed by atoms with Gasteiger partial charge in [-0.3, -0.25) is 4.68 Å². The number of anilines is 1. The Labute approximate surface area is 101 Å². The van der Waals surface area contributed by atoms with E-state index in [1.807, 2.05) is 23.0 Å².